The number of methoxy groups -OCH3 is 2. The molecule has 0 aromatic heterocycles. The molecule has 0 aliphatic carbocycles. The van der Waals surface area contributed by atoms with Crippen LogP contribution in [0.5, 0.6) is 11.5 Å². The fraction of sp³-hybridized carbons (Fsp3) is 0.429. The minimum absolute atomic E-state index is 0.0775. The van der Waals surface area contributed by atoms with E-state index in [-0.39, 0.29) is 18.6 Å². The van der Waals surface area contributed by atoms with E-state index in [0.29, 0.717) is 34.4 Å². The summed E-state index contributed by atoms with van der Waals surface area (Å²) >= 11 is 3.33. The van der Waals surface area contributed by atoms with Gasteiger partial charge < -0.3 is 14.6 Å². The van der Waals surface area contributed by atoms with Crippen LogP contribution in [0.15, 0.2) is 16.6 Å². The highest BCUT2D eigenvalue weighted by Gasteiger charge is 2.16. The fourth-order valence-corrected chi connectivity index (χ4v) is 2.26. The van der Waals surface area contributed by atoms with Crippen molar-refractivity contribution in [2.24, 2.45) is 0 Å². The molecule has 6 heteroatoms. The summed E-state index contributed by atoms with van der Waals surface area (Å²) in [7, 11) is 3.02. The molecule has 0 aliphatic heterocycles. The Balaban J connectivity index is 2.78. The van der Waals surface area contributed by atoms with Crippen LogP contribution in [-0.2, 0) is 4.79 Å². The Morgan fingerprint density at radius 3 is 2.25 bits per heavy atom. The summed E-state index contributed by atoms with van der Waals surface area (Å²) in [6, 6.07) is 3.31. The van der Waals surface area contributed by atoms with Crippen molar-refractivity contribution in [3.63, 3.8) is 0 Å². The standard InChI is InChI=1S/C14H17BrO5/c1-19-12-8-10(15)13(20-2)7-9(12)11(16)5-3-4-6-14(17)18/h7-8H,3-6H2,1-2H3,(H,17,18). The second-order valence-electron chi connectivity index (χ2n) is 4.21. The third kappa shape index (κ3) is 4.52. The number of rotatable bonds is 8. The van der Waals surface area contributed by atoms with E-state index in [2.05, 4.69) is 15.9 Å². The van der Waals surface area contributed by atoms with Crippen molar-refractivity contribution in [1.29, 1.82) is 0 Å². The Morgan fingerprint density at radius 2 is 1.70 bits per heavy atom. The maximum Gasteiger partial charge on any atom is 0.303 e. The topological polar surface area (TPSA) is 72.8 Å². The lowest BCUT2D eigenvalue weighted by Crippen LogP contribution is -2.04. The summed E-state index contributed by atoms with van der Waals surface area (Å²) in [6.45, 7) is 0. The Labute approximate surface area is 126 Å². The molecule has 0 fully saturated rings. The van der Waals surface area contributed by atoms with Gasteiger partial charge in [-0.2, -0.15) is 0 Å². The first kappa shape index (κ1) is 16.5. The molecular weight excluding hydrogens is 328 g/mol. The maximum absolute atomic E-state index is 12.2. The van der Waals surface area contributed by atoms with Crippen LogP contribution in [0.2, 0.25) is 0 Å². The van der Waals surface area contributed by atoms with Crippen LogP contribution in [-0.4, -0.2) is 31.1 Å². The monoisotopic (exact) mass is 344 g/mol. The number of halogens is 1. The van der Waals surface area contributed by atoms with E-state index in [0.717, 1.165) is 0 Å². The summed E-state index contributed by atoms with van der Waals surface area (Å²) in [5, 5.41) is 8.55. The average Bonchev–Trinajstić information content (AvgIpc) is 2.42. The van der Waals surface area contributed by atoms with Crippen molar-refractivity contribution in [2.75, 3.05) is 14.2 Å². The second-order valence-corrected chi connectivity index (χ2v) is 5.07. The number of hydrogen-bond donors (Lipinski definition) is 1. The second kappa shape index (κ2) is 7.89. The number of carboxylic acids is 1. The van der Waals surface area contributed by atoms with Crippen molar-refractivity contribution in [3.05, 3.63) is 22.2 Å². The molecule has 1 rings (SSSR count). The van der Waals surface area contributed by atoms with Gasteiger partial charge in [0, 0.05) is 12.8 Å². The number of carboxylic acid groups (broad SMARTS) is 1. The van der Waals surface area contributed by atoms with Crippen LogP contribution in [0.4, 0.5) is 0 Å². The Morgan fingerprint density at radius 1 is 1.10 bits per heavy atom. The van der Waals surface area contributed by atoms with Gasteiger partial charge in [-0.25, -0.2) is 0 Å². The number of carbonyl (C=O) groups excluding carboxylic acids is 1. The molecule has 0 saturated heterocycles. The van der Waals surface area contributed by atoms with E-state index >= 15 is 0 Å². The minimum atomic E-state index is -0.847. The van der Waals surface area contributed by atoms with Crippen LogP contribution in [0, 0.1) is 0 Å². The molecule has 0 bridgehead atoms. The molecule has 0 aliphatic rings. The largest absolute Gasteiger partial charge is 0.496 e. The van der Waals surface area contributed by atoms with E-state index in [4.69, 9.17) is 14.6 Å². The number of ketones is 1. The first-order chi connectivity index (χ1) is 9.49. The highest BCUT2D eigenvalue weighted by molar-refractivity contribution is 9.10. The molecule has 0 saturated carbocycles. The zero-order chi connectivity index (χ0) is 15.1. The summed E-state index contributed by atoms with van der Waals surface area (Å²) in [5.41, 5.74) is 0.447. The van der Waals surface area contributed by atoms with E-state index in [1.54, 1.807) is 12.1 Å². The summed E-state index contributed by atoms with van der Waals surface area (Å²) in [4.78, 5) is 22.6. The molecule has 110 valence electrons. The molecule has 20 heavy (non-hydrogen) atoms. The lowest BCUT2D eigenvalue weighted by atomic mass is 10.0. The molecule has 1 aromatic carbocycles. The van der Waals surface area contributed by atoms with Gasteiger partial charge in [0.25, 0.3) is 0 Å². The predicted octanol–water partition coefficient (Wildman–Crippen LogP) is 3.29. The molecule has 0 unspecified atom stereocenters. The molecule has 1 aromatic rings. The number of hydrogen-bond acceptors (Lipinski definition) is 4. The first-order valence-electron chi connectivity index (χ1n) is 6.16. The lowest BCUT2D eigenvalue weighted by Gasteiger charge is -2.11. The molecule has 0 atom stereocenters. The summed E-state index contributed by atoms with van der Waals surface area (Å²) in [5.74, 6) is 0.0963. The van der Waals surface area contributed by atoms with Gasteiger partial charge in [-0.05, 0) is 40.9 Å². The molecule has 0 heterocycles. The quantitative estimate of drug-likeness (QED) is 0.578. The summed E-state index contributed by atoms with van der Waals surface area (Å²) in [6.07, 6.45) is 1.38. The molecule has 0 amide bonds. The SMILES string of the molecule is COc1cc(C(=O)CCCCC(=O)O)c(OC)cc1Br. The van der Waals surface area contributed by atoms with Gasteiger partial charge in [-0.15, -0.1) is 0 Å². The lowest BCUT2D eigenvalue weighted by molar-refractivity contribution is -0.137. The van der Waals surface area contributed by atoms with Crippen molar-refractivity contribution in [3.8, 4) is 11.5 Å². The van der Waals surface area contributed by atoms with E-state index in [1.165, 1.54) is 14.2 Å². The summed E-state index contributed by atoms with van der Waals surface area (Å²) < 4.78 is 11.1. The van der Waals surface area contributed by atoms with Gasteiger partial charge in [-0.3, -0.25) is 9.59 Å². The van der Waals surface area contributed by atoms with Gasteiger partial charge >= 0.3 is 5.97 Å². The third-order valence-corrected chi connectivity index (χ3v) is 3.44. The van der Waals surface area contributed by atoms with Crippen LogP contribution >= 0.6 is 15.9 Å². The number of aliphatic carboxylic acids is 1. The smallest absolute Gasteiger partial charge is 0.303 e. The molecule has 0 radical (unpaired) electrons. The van der Waals surface area contributed by atoms with Gasteiger partial charge in [0.15, 0.2) is 5.78 Å². The third-order valence-electron chi connectivity index (χ3n) is 2.82. The zero-order valence-corrected chi connectivity index (χ0v) is 13.0. The molecule has 0 spiro atoms. The van der Waals surface area contributed by atoms with E-state index < -0.39 is 5.97 Å². The Hall–Kier alpha value is -1.56. The number of Topliss-reactive ketones (excluding diaryl/α,β-unsaturated/α-hetero) is 1. The highest BCUT2D eigenvalue weighted by Crippen LogP contribution is 2.33. The Bertz CT molecular complexity index is 499. The van der Waals surface area contributed by atoms with Gasteiger partial charge in [0.2, 0.25) is 0 Å². The predicted molar refractivity (Wildman–Crippen MR) is 77.7 cm³/mol. The van der Waals surface area contributed by atoms with E-state index in [1.807, 2.05) is 0 Å². The highest BCUT2D eigenvalue weighted by atomic mass is 79.9. The van der Waals surface area contributed by atoms with Crippen LogP contribution in [0.25, 0.3) is 0 Å². The van der Waals surface area contributed by atoms with Gasteiger partial charge in [0.05, 0.1) is 24.3 Å². The van der Waals surface area contributed by atoms with Gasteiger partial charge in [-0.1, -0.05) is 0 Å². The minimum Gasteiger partial charge on any atom is -0.496 e. The van der Waals surface area contributed by atoms with Crippen molar-refractivity contribution >= 4 is 27.7 Å². The zero-order valence-electron chi connectivity index (χ0n) is 11.4. The van der Waals surface area contributed by atoms with Crippen LogP contribution < -0.4 is 9.47 Å². The fourth-order valence-electron chi connectivity index (χ4n) is 1.77. The first-order valence-corrected chi connectivity index (χ1v) is 6.95. The molecular formula is C14H17BrO5. The van der Waals surface area contributed by atoms with Crippen molar-refractivity contribution < 1.29 is 24.2 Å². The van der Waals surface area contributed by atoms with Crippen LogP contribution in [0.3, 0.4) is 0 Å². The number of ether oxygens (including phenoxy) is 2. The number of benzene rings is 1. The number of carbonyl (C=O) groups is 2. The van der Waals surface area contributed by atoms with E-state index in [9.17, 15) is 9.59 Å². The molecule has 1 N–H and O–H groups in total. The average molecular weight is 345 g/mol. The van der Waals surface area contributed by atoms with Gasteiger partial charge in [0.1, 0.15) is 11.5 Å². The molecule has 5 nitrogen and oxygen atoms in total. The van der Waals surface area contributed by atoms with Crippen molar-refractivity contribution in [1.82, 2.24) is 0 Å². The maximum atomic E-state index is 12.2. The van der Waals surface area contributed by atoms with Crippen molar-refractivity contribution in [2.45, 2.75) is 25.7 Å². The Kier molecular flexibility index (Phi) is 6.51. The van der Waals surface area contributed by atoms with Crippen LogP contribution in [0.1, 0.15) is 36.0 Å². The normalized spacial score (nSPS) is 10.2. The number of unbranched alkanes of at least 4 members (excludes halogenated alkanes) is 1.